The number of hydrogen-bond acceptors (Lipinski definition) is 3. The summed E-state index contributed by atoms with van der Waals surface area (Å²) in [5.74, 6) is -0.296. The Hall–Kier alpha value is -2.88. The minimum absolute atomic E-state index is 0.111. The highest BCUT2D eigenvalue weighted by molar-refractivity contribution is 5.91. The first-order valence-corrected chi connectivity index (χ1v) is 8.88. The molecule has 26 heavy (non-hydrogen) atoms. The largest absolute Gasteiger partial charge is 0.469 e. The van der Waals surface area contributed by atoms with Gasteiger partial charge in [-0.3, -0.25) is 9.59 Å². The van der Waals surface area contributed by atoms with Gasteiger partial charge in [0.15, 0.2) is 0 Å². The summed E-state index contributed by atoms with van der Waals surface area (Å²) in [6, 6.07) is 14.4. The molecule has 0 saturated carbocycles. The zero-order valence-corrected chi connectivity index (χ0v) is 15.1. The van der Waals surface area contributed by atoms with E-state index in [4.69, 9.17) is 0 Å². The highest BCUT2D eigenvalue weighted by Crippen LogP contribution is 2.19. The molecule has 0 heterocycles. The summed E-state index contributed by atoms with van der Waals surface area (Å²) < 4.78 is 4.58. The molecule has 2 aromatic rings. The summed E-state index contributed by atoms with van der Waals surface area (Å²) >= 11 is 0. The Kier molecular flexibility index (Phi) is 8.13. The molecule has 0 radical (unpaired) electrons. The number of amides is 1. The number of hydrogen-bond donors (Lipinski definition) is 1. The molecule has 4 nitrogen and oxygen atoms in total. The summed E-state index contributed by atoms with van der Waals surface area (Å²) in [7, 11) is 1.39. The zero-order chi connectivity index (χ0) is 18.6. The summed E-state index contributed by atoms with van der Waals surface area (Å²) in [6.45, 7) is 0.609. The fourth-order valence-electron chi connectivity index (χ4n) is 2.64. The Balaban J connectivity index is 1.71. The smallest absolute Gasteiger partial charge is 0.305 e. The van der Waals surface area contributed by atoms with Crippen LogP contribution in [0.3, 0.4) is 0 Å². The monoisotopic (exact) mass is 351 g/mol. The maximum absolute atomic E-state index is 11.7. The van der Waals surface area contributed by atoms with Gasteiger partial charge in [0, 0.05) is 19.0 Å². The van der Waals surface area contributed by atoms with Crippen LogP contribution in [-0.4, -0.2) is 25.5 Å². The molecule has 2 aromatic carbocycles. The van der Waals surface area contributed by atoms with Crippen molar-refractivity contribution in [3.8, 4) is 0 Å². The van der Waals surface area contributed by atoms with Crippen molar-refractivity contribution in [2.45, 2.75) is 25.7 Å². The van der Waals surface area contributed by atoms with Crippen LogP contribution in [0.5, 0.6) is 0 Å². The third-order valence-corrected chi connectivity index (χ3v) is 4.04. The predicted octanol–water partition coefficient (Wildman–Crippen LogP) is 4.26. The van der Waals surface area contributed by atoms with Gasteiger partial charge in [0.05, 0.1) is 7.11 Å². The van der Waals surface area contributed by atoms with E-state index in [0.717, 1.165) is 24.8 Å². The molecule has 0 spiro atoms. The first-order valence-electron chi connectivity index (χ1n) is 8.88. The molecule has 2 rings (SSSR count). The molecule has 4 heteroatoms. The summed E-state index contributed by atoms with van der Waals surface area (Å²) in [6.07, 6.45) is 10.1. The quantitative estimate of drug-likeness (QED) is 0.318. The third-order valence-electron chi connectivity index (χ3n) is 4.04. The van der Waals surface area contributed by atoms with E-state index in [-0.39, 0.29) is 11.9 Å². The number of allylic oxidation sites excluding steroid dienone is 2. The lowest BCUT2D eigenvalue weighted by Crippen LogP contribution is -2.22. The van der Waals surface area contributed by atoms with Crippen LogP contribution in [0.2, 0.25) is 0 Å². The predicted molar refractivity (Wildman–Crippen MR) is 106 cm³/mol. The van der Waals surface area contributed by atoms with Crippen molar-refractivity contribution in [3.05, 3.63) is 66.3 Å². The Bertz CT molecular complexity index is 788. The van der Waals surface area contributed by atoms with Gasteiger partial charge in [0.25, 0.3) is 0 Å². The van der Waals surface area contributed by atoms with Gasteiger partial charge in [-0.25, -0.2) is 0 Å². The fourth-order valence-corrected chi connectivity index (χ4v) is 2.64. The number of carbonyl (C=O) groups is 2. The van der Waals surface area contributed by atoms with E-state index in [2.05, 4.69) is 34.3 Å². The van der Waals surface area contributed by atoms with Gasteiger partial charge in [-0.1, -0.05) is 67.1 Å². The minimum Gasteiger partial charge on any atom is -0.469 e. The fraction of sp³-hybridized carbons (Fsp3) is 0.273. The lowest BCUT2D eigenvalue weighted by atomic mass is 10.0. The van der Waals surface area contributed by atoms with Crippen molar-refractivity contribution < 1.29 is 14.3 Å². The van der Waals surface area contributed by atoms with Crippen molar-refractivity contribution >= 4 is 28.7 Å². The molecule has 1 amide bonds. The number of esters is 1. The van der Waals surface area contributed by atoms with Gasteiger partial charge < -0.3 is 10.1 Å². The second-order valence-corrected chi connectivity index (χ2v) is 5.96. The van der Waals surface area contributed by atoms with E-state index in [1.807, 2.05) is 30.4 Å². The van der Waals surface area contributed by atoms with Crippen molar-refractivity contribution in [1.29, 1.82) is 0 Å². The summed E-state index contributed by atoms with van der Waals surface area (Å²) in [5.41, 5.74) is 1.12. The Labute approximate surface area is 154 Å². The molecule has 0 bridgehead atoms. The van der Waals surface area contributed by atoms with E-state index in [0.29, 0.717) is 13.0 Å². The molecule has 0 atom stereocenters. The van der Waals surface area contributed by atoms with Crippen molar-refractivity contribution in [2.75, 3.05) is 13.7 Å². The third kappa shape index (κ3) is 6.55. The number of fused-ring (bicyclic) bond motifs is 1. The van der Waals surface area contributed by atoms with Gasteiger partial charge in [0.2, 0.25) is 5.91 Å². The molecule has 0 saturated heterocycles. The minimum atomic E-state index is -0.185. The van der Waals surface area contributed by atoms with Gasteiger partial charge in [0.1, 0.15) is 0 Å². The number of benzene rings is 2. The Morgan fingerprint density at radius 3 is 2.65 bits per heavy atom. The van der Waals surface area contributed by atoms with Crippen LogP contribution in [0.4, 0.5) is 0 Å². The highest BCUT2D eigenvalue weighted by atomic mass is 16.5. The number of nitrogens with one attached hydrogen (secondary N) is 1. The van der Waals surface area contributed by atoms with E-state index in [1.165, 1.54) is 24.0 Å². The van der Waals surface area contributed by atoms with Crippen molar-refractivity contribution in [3.63, 3.8) is 0 Å². The molecular weight excluding hydrogens is 326 g/mol. The number of unbranched alkanes of at least 4 members (excludes halogenated alkanes) is 2. The average Bonchev–Trinajstić information content (AvgIpc) is 2.67. The van der Waals surface area contributed by atoms with E-state index < -0.39 is 0 Å². The van der Waals surface area contributed by atoms with Gasteiger partial charge in [-0.15, -0.1) is 0 Å². The van der Waals surface area contributed by atoms with Crippen LogP contribution in [0.1, 0.15) is 31.2 Å². The van der Waals surface area contributed by atoms with Crippen LogP contribution in [0, 0.1) is 0 Å². The Morgan fingerprint density at radius 2 is 1.81 bits per heavy atom. The molecule has 0 aliphatic rings. The summed E-state index contributed by atoms with van der Waals surface area (Å²) in [5, 5.41) is 5.23. The normalized spacial score (nSPS) is 11.3. The maximum atomic E-state index is 11.7. The first-order chi connectivity index (χ1) is 12.7. The average molecular weight is 351 g/mol. The topological polar surface area (TPSA) is 55.4 Å². The second kappa shape index (κ2) is 10.9. The number of methoxy groups -OCH3 is 1. The van der Waals surface area contributed by atoms with Gasteiger partial charge in [-0.05, 0) is 29.2 Å². The molecule has 0 aliphatic heterocycles. The van der Waals surface area contributed by atoms with E-state index in [9.17, 15) is 9.59 Å². The first kappa shape index (κ1) is 19.4. The van der Waals surface area contributed by atoms with Gasteiger partial charge in [-0.2, -0.15) is 0 Å². The van der Waals surface area contributed by atoms with Crippen LogP contribution in [0.15, 0.2) is 60.7 Å². The molecular formula is C22H25NO3. The van der Waals surface area contributed by atoms with E-state index >= 15 is 0 Å². The highest BCUT2D eigenvalue weighted by Gasteiger charge is 1.99. The van der Waals surface area contributed by atoms with E-state index in [1.54, 1.807) is 6.08 Å². The van der Waals surface area contributed by atoms with Gasteiger partial charge >= 0.3 is 5.97 Å². The molecule has 0 aromatic heterocycles. The number of carbonyl (C=O) groups excluding carboxylic acids is 2. The van der Waals surface area contributed by atoms with Crippen LogP contribution in [0.25, 0.3) is 16.8 Å². The van der Waals surface area contributed by atoms with Crippen LogP contribution < -0.4 is 5.32 Å². The SMILES string of the molecule is COC(=O)CCCCCNC(=O)C=CC=Cc1cccc2ccccc12. The Morgan fingerprint density at radius 1 is 1.00 bits per heavy atom. The number of rotatable bonds is 9. The standard InChI is InChI=1S/C22H25NO3/c1-26-22(25)16-3-2-8-17-23-21(24)15-7-5-11-19-13-9-12-18-10-4-6-14-20(18)19/h4-7,9-15H,2-3,8,16-17H2,1H3,(H,23,24). The maximum Gasteiger partial charge on any atom is 0.305 e. The van der Waals surface area contributed by atoms with Crippen molar-refractivity contribution in [1.82, 2.24) is 5.32 Å². The summed E-state index contributed by atoms with van der Waals surface area (Å²) in [4.78, 5) is 22.7. The molecule has 1 N–H and O–H groups in total. The second-order valence-electron chi connectivity index (χ2n) is 5.96. The molecule has 0 fully saturated rings. The number of ether oxygens (including phenoxy) is 1. The van der Waals surface area contributed by atoms with Crippen LogP contribution >= 0.6 is 0 Å². The van der Waals surface area contributed by atoms with Crippen molar-refractivity contribution in [2.24, 2.45) is 0 Å². The lowest BCUT2D eigenvalue weighted by Gasteiger charge is -2.02. The van der Waals surface area contributed by atoms with Crippen LogP contribution in [-0.2, 0) is 14.3 Å². The zero-order valence-electron chi connectivity index (χ0n) is 15.1. The molecule has 0 aliphatic carbocycles. The lowest BCUT2D eigenvalue weighted by molar-refractivity contribution is -0.140. The molecule has 0 unspecified atom stereocenters. The molecule has 136 valence electrons.